The van der Waals surface area contributed by atoms with E-state index in [1.807, 2.05) is 11.0 Å². The summed E-state index contributed by atoms with van der Waals surface area (Å²) in [7, 11) is -1.88. The summed E-state index contributed by atoms with van der Waals surface area (Å²) in [6.07, 6.45) is 0. The summed E-state index contributed by atoms with van der Waals surface area (Å²) in [6, 6.07) is 6.16. The fourth-order valence-electron chi connectivity index (χ4n) is 3.25. The molecule has 1 aromatic carbocycles. The fourth-order valence-corrected chi connectivity index (χ4v) is 5.06. The summed E-state index contributed by atoms with van der Waals surface area (Å²) >= 11 is 11.9. The van der Waals surface area contributed by atoms with Gasteiger partial charge in [-0.3, -0.25) is 14.4 Å². The normalized spacial score (nSPS) is 16.5. The van der Waals surface area contributed by atoms with Crippen LogP contribution in [0.25, 0.3) is 0 Å². The van der Waals surface area contributed by atoms with Gasteiger partial charge >= 0.3 is 0 Å². The third kappa shape index (κ3) is 5.59. The Labute approximate surface area is 193 Å². The van der Waals surface area contributed by atoms with E-state index in [0.717, 1.165) is 5.69 Å². The lowest BCUT2D eigenvalue weighted by molar-refractivity contribution is -0.117. The van der Waals surface area contributed by atoms with Gasteiger partial charge < -0.3 is 5.32 Å². The molecule has 1 aliphatic heterocycles. The van der Waals surface area contributed by atoms with Crippen LogP contribution in [0.5, 0.6) is 0 Å². The first-order chi connectivity index (χ1) is 14.4. The lowest BCUT2D eigenvalue weighted by atomic mass is 9.92. The molecule has 1 N–H and O–H groups in total. The van der Waals surface area contributed by atoms with Crippen LogP contribution >= 0.6 is 23.2 Å². The van der Waals surface area contributed by atoms with E-state index >= 15 is 0 Å². The van der Waals surface area contributed by atoms with Gasteiger partial charge in [-0.2, -0.15) is 9.40 Å². The molecule has 2 heterocycles. The van der Waals surface area contributed by atoms with Crippen molar-refractivity contribution in [2.75, 3.05) is 38.0 Å². The number of sulfonamides is 1. The molecule has 1 aromatic heterocycles. The first kappa shape index (κ1) is 24.0. The lowest BCUT2D eigenvalue weighted by Gasteiger charge is -2.33. The van der Waals surface area contributed by atoms with Gasteiger partial charge in [0, 0.05) is 44.7 Å². The van der Waals surface area contributed by atoms with E-state index in [1.54, 1.807) is 11.7 Å². The number of carbonyl (C=O) groups excluding carboxylic acids is 1. The second kappa shape index (κ2) is 9.07. The third-order valence-corrected chi connectivity index (χ3v) is 7.78. The number of amides is 1. The van der Waals surface area contributed by atoms with Crippen molar-refractivity contribution in [3.8, 4) is 0 Å². The van der Waals surface area contributed by atoms with E-state index in [1.165, 1.54) is 22.5 Å². The van der Waals surface area contributed by atoms with Crippen LogP contribution in [0.1, 0.15) is 26.5 Å². The van der Waals surface area contributed by atoms with Crippen LogP contribution in [0.3, 0.4) is 0 Å². The minimum atomic E-state index is -3.67. The van der Waals surface area contributed by atoms with Crippen LogP contribution in [-0.2, 0) is 27.3 Å². The maximum atomic E-state index is 12.9. The van der Waals surface area contributed by atoms with Crippen molar-refractivity contribution in [2.45, 2.75) is 31.1 Å². The first-order valence-corrected chi connectivity index (χ1v) is 12.1. The average Bonchev–Trinajstić information content (AvgIpc) is 3.05. The van der Waals surface area contributed by atoms with Gasteiger partial charge in [0.2, 0.25) is 15.9 Å². The van der Waals surface area contributed by atoms with Gasteiger partial charge in [0.05, 0.1) is 27.2 Å². The van der Waals surface area contributed by atoms with Crippen molar-refractivity contribution in [1.29, 1.82) is 0 Å². The Hall–Kier alpha value is -1.65. The molecule has 170 valence electrons. The minimum absolute atomic E-state index is 0.110. The maximum absolute atomic E-state index is 12.9. The molecule has 1 aliphatic rings. The number of benzene rings is 1. The molecule has 0 saturated carbocycles. The van der Waals surface area contributed by atoms with Gasteiger partial charge in [0.25, 0.3) is 0 Å². The van der Waals surface area contributed by atoms with E-state index in [0.29, 0.717) is 23.9 Å². The topological polar surface area (TPSA) is 87.5 Å². The molecule has 1 fully saturated rings. The molecule has 1 saturated heterocycles. The molecule has 8 nitrogen and oxygen atoms in total. The highest BCUT2D eigenvalue weighted by Crippen LogP contribution is 2.27. The number of hydrogen-bond acceptors (Lipinski definition) is 5. The summed E-state index contributed by atoms with van der Waals surface area (Å²) in [5.41, 5.74) is 0.781. The molecule has 3 rings (SSSR count). The number of hydrogen-bond donors (Lipinski definition) is 1. The molecule has 2 aromatic rings. The molecular weight excluding hydrogens is 461 g/mol. The Morgan fingerprint density at radius 1 is 1.10 bits per heavy atom. The van der Waals surface area contributed by atoms with E-state index in [4.69, 9.17) is 23.2 Å². The van der Waals surface area contributed by atoms with Crippen molar-refractivity contribution < 1.29 is 13.2 Å². The lowest BCUT2D eigenvalue weighted by Crippen LogP contribution is -2.50. The molecule has 0 spiro atoms. The summed E-state index contributed by atoms with van der Waals surface area (Å²) in [5.74, 6) is 0.472. The standard InChI is InChI=1S/C20H27Cl2N5O3S/c1-20(2,3)17-12-18(25(4)24-17)23-19(28)13-26-7-9-27(10-8-26)31(29,30)14-5-6-15(21)16(22)11-14/h5-6,11-12H,7-10,13H2,1-4H3,(H,23,28). The molecule has 0 aliphatic carbocycles. The Kier molecular flexibility index (Phi) is 7.02. The van der Waals surface area contributed by atoms with E-state index < -0.39 is 10.0 Å². The second-order valence-corrected chi connectivity index (χ2v) is 11.3. The number of rotatable bonds is 5. The van der Waals surface area contributed by atoms with Gasteiger partial charge in [-0.25, -0.2) is 8.42 Å². The van der Waals surface area contributed by atoms with Crippen molar-refractivity contribution in [1.82, 2.24) is 19.0 Å². The highest BCUT2D eigenvalue weighted by molar-refractivity contribution is 7.89. The minimum Gasteiger partial charge on any atom is -0.310 e. The number of carbonyl (C=O) groups is 1. The Bertz CT molecular complexity index is 1070. The molecule has 0 bridgehead atoms. The first-order valence-electron chi connectivity index (χ1n) is 9.90. The van der Waals surface area contributed by atoms with Crippen molar-refractivity contribution in [3.63, 3.8) is 0 Å². The predicted molar refractivity (Wildman–Crippen MR) is 122 cm³/mol. The predicted octanol–water partition coefficient (Wildman–Crippen LogP) is 2.97. The van der Waals surface area contributed by atoms with E-state index in [2.05, 4.69) is 31.2 Å². The highest BCUT2D eigenvalue weighted by Gasteiger charge is 2.29. The zero-order chi connectivity index (χ0) is 23.0. The largest absolute Gasteiger partial charge is 0.310 e. The van der Waals surface area contributed by atoms with Crippen LogP contribution in [0.4, 0.5) is 5.82 Å². The van der Waals surface area contributed by atoms with Crippen LogP contribution < -0.4 is 5.32 Å². The maximum Gasteiger partial charge on any atom is 0.243 e. The number of halogens is 2. The monoisotopic (exact) mass is 487 g/mol. The molecule has 0 unspecified atom stereocenters. The molecule has 1 amide bonds. The van der Waals surface area contributed by atoms with Crippen molar-refractivity contribution in [3.05, 3.63) is 40.0 Å². The van der Waals surface area contributed by atoms with Crippen LogP contribution in [-0.4, -0.2) is 66.0 Å². The molecule has 0 radical (unpaired) electrons. The molecule has 31 heavy (non-hydrogen) atoms. The van der Waals surface area contributed by atoms with Crippen molar-refractivity contribution >= 4 is 45.0 Å². The number of aryl methyl sites for hydroxylation is 1. The van der Waals surface area contributed by atoms with Crippen LogP contribution in [0.15, 0.2) is 29.2 Å². The van der Waals surface area contributed by atoms with Gasteiger partial charge in [0.15, 0.2) is 0 Å². The summed E-state index contributed by atoms with van der Waals surface area (Å²) in [5, 5.41) is 7.85. The number of aromatic nitrogens is 2. The second-order valence-electron chi connectivity index (χ2n) is 8.59. The highest BCUT2D eigenvalue weighted by atomic mass is 35.5. The number of anilines is 1. The van der Waals surface area contributed by atoms with Gasteiger partial charge in [-0.05, 0) is 18.2 Å². The Balaban J connectivity index is 1.57. The number of nitrogens with one attached hydrogen (secondary N) is 1. The van der Waals surface area contributed by atoms with Gasteiger partial charge in [-0.1, -0.05) is 44.0 Å². The average molecular weight is 488 g/mol. The van der Waals surface area contributed by atoms with E-state index in [9.17, 15) is 13.2 Å². The fraction of sp³-hybridized carbons (Fsp3) is 0.500. The van der Waals surface area contributed by atoms with Crippen LogP contribution in [0, 0.1) is 0 Å². The summed E-state index contributed by atoms with van der Waals surface area (Å²) in [4.78, 5) is 14.5. The number of nitrogens with zero attached hydrogens (tertiary/aromatic N) is 4. The molecule has 11 heteroatoms. The van der Waals surface area contributed by atoms with Gasteiger partial charge in [0.1, 0.15) is 5.82 Å². The van der Waals surface area contributed by atoms with E-state index in [-0.39, 0.29) is 40.9 Å². The summed E-state index contributed by atoms with van der Waals surface area (Å²) in [6.45, 7) is 7.84. The quantitative estimate of drug-likeness (QED) is 0.700. The zero-order valence-electron chi connectivity index (χ0n) is 18.0. The Morgan fingerprint density at radius 3 is 2.29 bits per heavy atom. The molecule has 0 atom stereocenters. The van der Waals surface area contributed by atoms with Crippen molar-refractivity contribution in [2.24, 2.45) is 7.05 Å². The number of piperazine rings is 1. The molecular formula is C20H27Cl2N5O3S. The summed E-state index contributed by atoms with van der Waals surface area (Å²) < 4.78 is 28.8. The van der Waals surface area contributed by atoms with Crippen LogP contribution in [0.2, 0.25) is 10.0 Å². The van der Waals surface area contributed by atoms with Gasteiger partial charge in [-0.15, -0.1) is 0 Å². The third-order valence-electron chi connectivity index (χ3n) is 5.14. The SMILES string of the molecule is Cn1nc(C(C)(C)C)cc1NC(=O)CN1CCN(S(=O)(=O)c2ccc(Cl)c(Cl)c2)CC1. The smallest absolute Gasteiger partial charge is 0.243 e. The Morgan fingerprint density at radius 2 is 1.74 bits per heavy atom. The zero-order valence-corrected chi connectivity index (χ0v) is 20.4.